The number of rotatable bonds is 5. The number of carbonyl (C=O) groups is 3. The second-order valence-electron chi connectivity index (χ2n) is 7.81. The number of carbonyl (C=O) groups excluding carboxylic acids is 3. The summed E-state index contributed by atoms with van der Waals surface area (Å²) in [5.41, 5.74) is 1.09. The van der Waals surface area contributed by atoms with Gasteiger partial charge >= 0.3 is 11.9 Å². The van der Waals surface area contributed by atoms with Crippen LogP contribution in [0.5, 0.6) is 0 Å². The molecule has 0 saturated carbocycles. The number of anilines is 1. The summed E-state index contributed by atoms with van der Waals surface area (Å²) < 4.78 is 5.21. The van der Waals surface area contributed by atoms with E-state index in [1.165, 1.54) is 11.3 Å². The van der Waals surface area contributed by atoms with Crippen molar-refractivity contribution in [1.29, 1.82) is 0 Å². The highest BCUT2D eigenvalue weighted by Crippen LogP contribution is 2.37. The summed E-state index contributed by atoms with van der Waals surface area (Å²) in [5.74, 6) is 38.7. The molecule has 1 aromatic heterocycles. The van der Waals surface area contributed by atoms with E-state index in [0.29, 0.717) is 30.1 Å². The van der Waals surface area contributed by atoms with Gasteiger partial charge in [0.05, 0.1) is 25.3 Å². The van der Waals surface area contributed by atoms with Crippen LogP contribution in [0.3, 0.4) is 0 Å². The molecule has 0 atom stereocenters. The van der Waals surface area contributed by atoms with Crippen molar-refractivity contribution in [2.75, 3.05) is 39.1 Å². The van der Waals surface area contributed by atoms with Crippen LogP contribution in [0.15, 0.2) is 0 Å². The van der Waals surface area contributed by atoms with E-state index in [2.05, 4.69) is 100 Å². The van der Waals surface area contributed by atoms with E-state index in [4.69, 9.17) is 4.74 Å². The molecule has 1 aliphatic rings. The minimum absolute atomic E-state index is 0.00681. The molecule has 0 bridgehead atoms. The Morgan fingerprint density at radius 1 is 0.900 bits per heavy atom. The van der Waals surface area contributed by atoms with Crippen LogP contribution in [0, 0.1) is 94.7 Å². The molecule has 8 heteroatoms. The standard InChI is InChI=1S/C32H23N3O4S/c1-5-7-8-9-10-11-12-13-14-15-16-17-18-19-20-21-28(36)33-31-30(32(38)39-6-2)26-22-23-35(24-27(26)40-31)29(37)25-34(3)4/h6,22-25H2,1-4H3,(H,33,36). The third-order valence-corrected chi connectivity index (χ3v) is 5.81. The van der Waals surface area contributed by atoms with Crippen LogP contribution in [-0.4, -0.2) is 61.4 Å². The summed E-state index contributed by atoms with van der Waals surface area (Å²) in [7, 11) is 3.66. The molecular weight excluding hydrogens is 522 g/mol. The van der Waals surface area contributed by atoms with Crippen molar-refractivity contribution in [2.45, 2.75) is 26.8 Å². The lowest BCUT2D eigenvalue weighted by Gasteiger charge is -2.28. The lowest BCUT2D eigenvalue weighted by molar-refractivity contribution is -0.132. The van der Waals surface area contributed by atoms with E-state index in [-0.39, 0.29) is 19.1 Å². The van der Waals surface area contributed by atoms with E-state index in [9.17, 15) is 14.4 Å². The van der Waals surface area contributed by atoms with Gasteiger partial charge in [-0.3, -0.25) is 9.59 Å². The van der Waals surface area contributed by atoms with Gasteiger partial charge in [0.25, 0.3) is 0 Å². The minimum Gasteiger partial charge on any atom is -0.462 e. The number of nitrogens with zero attached hydrogens (tertiary/aromatic N) is 2. The largest absolute Gasteiger partial charge is 0.462 e. The Bertz CT molecular complexity index is 1690. The van der Waals surface area contributed by atoms with Crippen molar-refractivity contribution in [3.05, 3.63) is 16.0 Å². The first-order chi connectivity index (χ1) is 19.4. The number of esters is 1. The van der Waals surface area contributed by atoms with Gasteiger partial charge in [-0.25, -0.2) is 4.79 Å². The predicted molar refractivity (Wildman–Crippen MR) is 154 cm³/mol. The van der Waals surface area contributed by atoms with E-state index >= 15 is 0 Å². The maximum absolute atomic E-state index is 12.7. The number of fused-ring (bicyclic) bond motifs is 1. The molecule has 0 spiro atoms. The molecule has 0 fully saturated rings. The first-order valence-corrected chi connectivity index (χ1v) is 12.7. The minimum atomic E-state index is -0.644. The molecule has 0 aliphatic carbocycles. The van der Waals surface area contributed by atoms with Crippen LogP contribution in [0.2, 0.25) is 0 Å². The Labute approximate surface area is 239 Å². The highest BCUT2D eigenvalue weighted by Gasteiger charge is 2.31. The Kier molecular flexibility index (Phi) is 13.2. The molecule has 0 unspecified atom stereocenters. The van der Waals surface area contributed by atoms with Crippen molar-refractivity contribution >= 4 is 34.1 Å². The number of thiophene rings is 1. The van der Waals surface area contributed by atoms with Crippen molar-refractivity contribution in [2.24, 2.45) is 0 Å². The van der Waals surface area contributed by atoms with Crippen LogP contribution in [0.25, 0.3) is 0 Å². The van der Waals surface area contributed by atoms with Crippen LogP contribution < -0.4 is 5.32 Å². The van der Waals surface area contributed by atoms with Gasteiger partial charge in [-0.05, 0) is 123 Å². The van der Waals surface area contributed by atoms with Crippen LogP contribution >= 0.6 is 11.3 Å². The lowest BCUT2D eigenvalue weighted by atomic mass is 10.0. The molecule has 40 heavy (non-hydrogen) atoms. The van der Waals surface area contributed by atoms with Crippen LogP contribution in [-0.2, 0) is 27.3 Å². The Balaban J connectivity index is 2.07. The zero-order chi connectivity index (χ0) is 29.2. The molecule has 1 aliphatic heterocycles. The molecule has 196 valence electrons. The Hall–Kier alpha value is -5.45. The van der Waals surface area contributed by atoms with Crippen LogP contribution in [0.1, 0.15) is 34.6 Å². The number of likely N-dealkylation sites (N-methyl/N-ethyl adjacent to an activating group) is 1. The van der Waals surface area contributed by atoms with Gasteiger partial charge in [-0.15, -0.1) is 11.3 Å². The zero-order valence-electron chi connectivity index (χ0n) is 22.5. The monoisotopic (exact) mass is 545 g/mol. The summed E-state index contributed by atoms with van der Waals surface area (Å²) in [6, 6.07) is 0. The highest BCUT2D eigenvalue weighted by atomic mass is 32.1. The van der Waals surface area contributed by atoms with Crippen molar-refractivity contribution < 1.29 is 19.1 Å². The normalized spacial score (nSPS) is 9.78. The first-order valence-electron chi connectivity index (χ1n) is 11.8. The van der Waals surface area contributed by atoms with Crippen molar-refractivity contribution in [3.8, 4) is 94.7 Å². The molecule has 0 saturated heterocycles. The summed E-state index contributed by atoms with van der Waals surface area (Å²) in [6.45, 7) is 4.70. The second kappa shape index (κ2) is 17.1. The van der Waals surface area contributed by atoms with Gasteiger partial charge in [0.15, 0.2) is 0 Å². The smallest absolute Gasteiger partial charge is 0.341 e. The maximum Gasteiger partial charge on any atom is 0.341 e. The fourth-order valence-electron chi connectivity index (χ4n) is 3.15. The first kappa shape index (κ1) is 30.8. The topological polar surface area (TPSA) is 79.0 Å². The average Bonchev–Trinajstić information content (AvgIpc) is 3.27. The number of nitrogens with one attached hydrogen (secondary N) is 1. The van der Waals surface area contributed by atoms with E-state index in [1.54, 1.807) is 23.6 Å². The summed E-state index contributed by atoms with van der Waals surface area (Å²) in [6.07, 6.45) is 0.482. The SMILES string of the molecule is CC#CC#CC#CC#CC#CC#CC#CC#CC(=O)Nc1sc2c(c1C(=O)OCC)CCN(C(=O)CN(C)C)C2. The molecule has 7 nitrogen and oxygen atoms in total. The van der Waals surface area contributed by atoms with Gasteiger partial charge in [0.2, 0.25) is 5.91 Å². The van der Waals surface area contributed by atoms with Gasteiger partial charge in [-0.2, -0.15) is 0 Å². The number of ether oxygens (including phenoxy) is 1. The predicted octanol–water partition coefficient (Wildman–Crippen LogP) is 1.36. The summed E-state index contributed by atoms with van der Waals surface area (Å²) >= 11 is 1.24. The Morgan fingerprint density at radius 3 is 1.98 bits per heavy atom. The van der Waals surface area contributed by atoms with Crippen molar-refractivity contribution in [1.82, 2.24) is 9.80 Å². The third kappa shape index (κ3) is 10.5. The quantitative estimate of drug-likeness (QED) is 0.447. The molecule has 2 heterocycles. The second-order valence-corrected chi connectivity index (χ2v) is 8.92. The molecule has 2 amide bonds. The zero-order valence-corrected chi connectivity index (χ0v) is 23.3. The van der Waals surface area contributed by atoms with E-state index in [0.717, 1.165) is 10.4 Å². The molecule has 2 rings (SSSR count). The van der Waals surface area contributed by atoms with E-state index < -0.39 is 11.9 Å². The fourth-order valence-corrected chi connectivity index (χ4v) is 4.40. The van der Waals surface area contributed by atoms with Crippen molar-refractivity contribution in [3.63, 3.8) is 0 Å². The number of hydrogen-bond acceptors (Lipinski definition) is 6. The number of hydrogen-bond donors (Lipinski definition) is 1. The fraction of sp³-hybridized carbons (Fsp3) is 0.281. The highest BCUT2D eigenvalue weighted by molar-refractivity contribution is 7.17. The van der Waals surface area contributed by atoms with Gasteiger partial charge in [0.1, 0.15) is 5.00 Å². The van der Waals surface area contributed by atoms with Gasteiger partial charge < -0.3 is 19.9 Å². The average molecular weight is 546 g/mol. The maximum atomic E-state index is 12.7. The van der Waals surface area contributed by atoms with Crippen LogP contribution in [0.4, 0.5) is 5.00 Å². The summed E-state index contributed by atoms with van der Waals surface area (Å²) in [4.78, 5) is 42.0. The molecular formula is C32H23N3O4S. The number of amides is 2. The molecule has 1 aromatic rings. The van der Waals surface area contributed by atoms with Gasteiger partial charge in [-0.1, -0.05) is 5.92 Å². The Morgan fingerprint density at radius 2 is 1.45 bits per heavy atom. The summed E-state index contributed by atoms with van der Waals surface area (Å²) in [5, 5.41) is 2.99. The van der Waals surface area contributed by atoms with E-state index in [1.807, 2.05) is 14.1 Å². The van der Waals surface area contributed by atoms with Gasteiger partial charge in [0, 0.05) is 17.3 Å². The molecule has 1 N–H and O–H groups in total. The molecule has 0 radical (unpaired) electrons. The molecule has 0 aromatic carbocycles. The third-order valence-electron chi connectivity index (χ3n) is 4.68. The lowest BCUT2D eigenvalue weighted by Crippen LogP contribution is -2.40.